The number of pyridine rings is 1. The number of aliphatic imine (C=N–C) groups is 1. The molecule has 1 atom stereocenters. The van der Waals surface area contributed by atoms with Crippen molar-refractivity contribution in [3.63, 3.8) is 0 Å². The number of hydrogen-bond donors (Lipinski definition) is 2. The van der Waals surface area contributed by atoms with Gasteiger partial charge >= 0.3 is 0 Å². The lowest BCUT2D eigenvalue weighted by atomic mass is 10.1. The summed E-state index contributed by atoms with van der Waals surface area (Å²) in [6.45, 7) is 11.3. The molecule has 0 aliphatic carbocycles. The number of anilines is 1. The van der Waals surface area contributed by atoms with Crippen LogP contribution in [-0.2, 0) is 0 Å². The molecule has 0 radical (unpaired) electrons. The fraction of sp³-hybridized carbons (Fsp3) is 0.455. The Bertz CT molecular complexity index is 785. The molecular weight excluding hydrogens is 350 g/mol. The molecule has 2 aromatic rings. The number of nitrogens with one attached hydrogen (secondary N) is 1. The first kappa shape index (κ1) is 20.1. The van der Waals surface area contributed by atoms with Gasteiger partial charge in [-0.3, -0.25) is 9.98 Å². The Morgan fingerprint density at radius 1 is 1.14 bits per heavy atom. The maximum absolute atomic E-state index is 10.4. The van der Waals surface area contributed by atoms with Crippen molar-refractivity contribution in [2.45, 2.75) is 26.9 Å². The molecule has 1 aromatic heterocycles. The Labute approximate surface area is 167 Å². The third kappa shape index (κ3) is 4.81. The van der Waals surface area contributed by atoms with Gasteiger partial charge in [-0.2, -0.15) is 0 Å². The van der Waals surface area contributed by atoms with Crippen LogP contribution < -0.4 is 10.2 Å². The first-order valence-electron chi connectivity index (χ1n) is 10.0. The molecule has 1 unspecified atom stereocenters. The lowest BCUT2D eigenvalue weighted by molar-refractivity contribution is 0.186. The van der Waals surface area contributed by atoms with Gasteiger partial charge in [-0.05, 0) is 55.7 Å². The molecule has 150 valence electrons. The predicted octanol–water partition coefficient (Wildman–Crippen LogP) is 2.52. The maximum atomic E-state index is 10.4. The van der Waals surface area contributed by atoms with Gasteiger partial charge in [-0.1, -0.05) is 12.1 Å². The molecule has 2 heterocycles. The molecule has 1 aromatic carbocycles. The predicted molar refractivity (Wildman–Crippen MR) is 115 cm³/mol. The smallest absolute Gasteiger partial charge is 0.194 e. The highest BCUT2D eigenvalue weighted by atomic mass is 16.3. The second kappa shape index (κ2) is 9.55. The van der Waals surface area contributed by atoms with Crippen LogP contribution in [0.2, 0.25) is 0 Å². The zero-order chi connectivity index (χ0) is 19.9. The van der Waals surface area contributed by atoms with Crippen LogP contribution in [0.5, 0.6) is 0 Å². The number of rotatable bonds is 5. The quantitative estimate of drug-likeness (QED) is 0.616. The normalized spacial score (nSPS) is 16.2. The third-order valence-electron chi connectivity index (χ3n) is 5.34. The first-order valence-corrected chi connectivity index (χ1v) is 10.0. The van der Waals surface area contributed by atoms with E-state index in [1.54, 1.807) is 12.4 Å². The van der Waals surface area contributed by atoms with E-state index in [0.29, 0.717) is 6.54 Å². The minimum atomic E-state index is -0.618. The second-order valence-corrected chi connectivity index (χ2v) is 7.18. The summed E-state index contributed by atoms with van der Waals surface area (Å²) < 4.78 is 0. The van der Waals surface area contributed by atoms with Crippen molar-refractivity contribution in [2.24, 2.45) is 4.99 Å². The second-order valence-electron chi connectivity index (χ2n) is 7.18. The number of benzene rings is 1. The summed E-state index contributed by atoms with van der Waals surface area (Å²) in [4.78, 5) is 13.4. The Morgan fingerprint density at radius 3 is 2.54 bits per heavy atom. The van der Waals surface area contributed by atoms with Gasteiger partial charge in [0.15, 0.2) is 5.96 Å². The Kier molecular flexibility index (Phi) is 6.87. The van der Waals surface area contributed by atoms with E-state index in [-0.39, 0.29) is 0 Å². The van der Waals surface area contributed by atoms with Gasteiger partial charge in [-0.25, -0.2) is 0 Å². The summed E-state index contributed by atoms with van der Waals surface area (Å²) in [7, 11) is 0. The molecule has 1 saturated heterocycles. The molecular formula is C22H31N5O. The number of aliphatic hydroxyl groups is 1. The zero-order valence-electron chi connectivity index (χ0n) is 17.1. The summed E-state index contributed by atoms with van der Waals surface area (Å²) in [5.74, 6) is 0.872. The molecule has 1 fully saturated rings. The van der Waals surface area contributed by atoms with Crippen molar-refractivity contribution in [3.05, 3.63) is 59.4 Å². The lowest BCUT2D eigenvalue weighted by Crippen LogP contribution is -2.52. The van der Waals surface area contributed by atoms with Crippen LogP contribution in [0.25, 0.3) is 0 Å². The van der Waals surface area contributed by atoms with Crippen LogP contribution in [0.1, 0.15) is 29.7 Å². The number of aryl methyl sites for hydroxylation is 1. The first-order chi connectivity index (χ1) is 13.6. The van der Waals surface area contributed by atoms with Crippen LogP contribution in [0.15, 0.2) is 47.7 Å². The maximum Gasteiger partial charge on any atom is 0.194 e. The minimum absolute atomic E-state index is 0.337. The minimum Gasteiger partial charge on any atom is -0.386 e. The van der Waals surface area contributed by atoms with Crippen molar-refractivity contribution in [3.8, 4) is 0 Å². The average molecular weight is 382 g/mol. The standard InChI is InChI=1S/C22H31N5O/c1-4-24-22(25-16-21(28)19-8-10-23-11-9-19)27-14-12-26(13-15-27)20-7-5-6-17(2)18(20)3/h5-11,21,28H,4,12-16H2,1-3H3,(H,24,25). The molecule has 1 aliphatic heterocycles. The number of hydrogen-bond acceptors (Lipinski definition) is 4. The topological polar surface area (TPSA) is 64.0 Å². The van der Waals surface area contributed by atoms with E-state index in [9.17, 15) is 5.11 Å². The molecule has 3 rings (SSSR count). The van der Waals surface area contributed by atoms with Gasteiger partial charge in [-0.15, -0.1) is 0 Å². The zero-order valence-corrected chi connectivity index (χ0v) is 17.1. The Hall–Kier alpha value is -2.60. The molecule has 1 aliphatic rings. The van der Waals surface area contributed by atoms with Crippen LogP contribution in [0, 0.1) is 13.8 Å². The Morgan fingerprint density at radius 2 is 1.86 bits per heavy atom. The van der Waals surface area contributed by atoms with Gasteiger partial charge in [0.05, 0.1) is 12.6 Å². The number of aliphatic hydroxyl groups excluding tert-OH is 1. The summed E-state index contributed by atoms with van der Waals surface area (Å²) in [6, 6.07) is 10.2. The number of nitrogens with zero attached hydrogens (tertiary/aromatic N) is 4. The van der Waals surface area contributed by atoms with E-state index in [0.717, 1.165) is 44.2 Å². The monoisotopic (exact) mass is 381 g/mol. The summed E-state index contributed by atoms with van der Waals surface area (Å²) >= 11 is 0. The average Bonchev–Trinajstić information content (AvgIpc) is 2.74. The van der Waals surface area contributed by atoms with E-state index in [1.807, 2.05) is 12.1 Å². The van der Waals surface area contributed by atoms with Crippen molar-refractivity contribution in [1.82, 2.24) is 15.2 Å². The van der Waals surface area contributed by atoms with E-state index in [2.05, 4.69) is 64.1 Å². The van der Waals surface area contributed by atoms with E-state index >= 15 is 0 Å². The fourth-order valence-electron chi connectivity index (χ4n) is 3.53. The van der Waals surface area contributed by atoms with Crippen molar-refractivity contribution in [2.75, 3.05) is 44.2 Å². The lowest BCUT2D eigenvalue weighted by Gasteiger charge is -2.38. The highest BCUT2D eigenvalue weighted by Crippen LogP contribution is 2.24. The number of guanidine groups is 1. The van der Waals surface area contributed by atoms with Crippen molar-refractivity contribution in [1.29, 1.82) is 0 Å². The highest BCUT2D eigenvalue weighted by Gasteiger charge is 2.21. The van der Waals surface area contributed by atoms with Crippen molar-refractivity contribution < 1.29 is 5.11 Å². The van der Waals surface area contributed by atoms with E-state index < -0.39 is 6.10 Å². The SMILES string of the molecule is CCNC(=NCC(O)c1ccncc1)N1CCN(c2cccc(C)c2C)CC1. The van der Waals surface area contributed by atoms with Gasteiger partial charge < -0.3 is 20.2 Å². The summed E-state index contributed by atoms with van der Waals surface area (Å²) in [6.07, 6.45) is 2.77. The molecule has 2 N–H and O–H groups in total. The number of aromatic nitrogens is 1. The molecule has 0 saturated carbocycles. The molecule has 0 spiro atoms. The van der Waals surface area contributed by atoms with Gasteiger partial charge in [0.1, 0.15) is 0 Å². The molecule has 28 heavy (non-hydrogen) atoms. The highest BCUT2D eigenvalue weighted by molar-refractivity contribution is 5.80. The molecule has 6 nitrogen and oxygen atoms in total. The van der Waals surface area contributed by atoms with Gasteiger partial charge in [0.25, 0.3) is 0 Å². The van der Waals surface area contributed by atoms with Crippen LogP contribution in [0.4, 0.5) is 5.69 Å². The molecule has 0 amide bonds. The third-order valence-corrected chi connectivity index (χ3v) is 5.34. The van der Waals surface area contributed by atoms with Crippen LogP contribution in [0.3, 0.4) is 0 Å². The molecule has 0 bridgehead atoms. The summed E-state index contributed by atoms with van der Waals surface area (Å²) in [5, 5.41) is 13.8. The van der Waals surface area contributed by atoms with Gasteiger partial charge in [0.2, 0.25) is 0 Å². The summed E-state index contributed by atoms with van der Waals surface area (Å²) in [5.41, 5.74) is 4.86. The van der Waals surface area contributed by atoms with Crippen LogP contribution in [-0.4, -0.2) is 60.2 Å². The fourth-order valence-corrected chi connectivity index (χ4v) is 3.53. The van der Waals surface area contributed by atoms with Crippen LogP contribution >= 0.6 is 0 Å². The van der Waals surface area contributed by atoms with E-state index in [4.69, 9.17) is 0 Å². The van der Waals surface area contributed by atoms with E-state index in [1.165, 1.54) is 16.8 Å². The molecule has 6 heteroatoms. The van der Waals surface area contributed by atoms with Gasteiger partial charge in [0, 0.05) is 50.8 Å². The largest absolute Gasteiger partial charge is 0.386 e. The van der Waals surface area contributed by atoms with Crippen molar-refractivity contribution >= 4 is 11.6 Å². The Balaban J connectivity index is 1.63. The number of piperazine rings is 1.